The summed E-state index contributed by atoms with van der Waals surface area (Å²) in [6.07, 6.45) is 1.47. The minimum absolute atomic E-state index is 0.0955. The SMILES string of the molecule is CC(CN(C)C)NC(=O)c1ccc(Cl)nc1. The van der Waals surface area contributed by atoms with Gasteiger partial charge in [-0.2, -0.15) is 0 Å². The van der Waals surface area contributed by atoms with Gasteiger partial charge in [-0.3, -0.25) is 4.79 Å². The van der Waals surface area contributed by atoms with Gasteiger partial charge in [0, 0.05) is 18.8 Å². The maximum absolute atomic E-state index is 11.7. The van der Waals surface area contributed by atoms with Gasteiger partial charge in [0.25, 0.3) is 5.91 Å². The fraction of sp³-hybridized carbons (Fsp3) is 0.455. The molecule has 1 aromatic rings. The summed E-state index contributed by atoms with van der Waals surface area (Å²) in [7, 11) is 3.93. The van der Waals surface area contributed by atoms with Crippen molar-refractivity contribution < 1.29 is 4.79 Å². The number of hydrogen-bond acceptors (Lipinski definition) is 3. The van der Waals surface area contributed by atoms with Gasteiger partial charge in [-0.25, -0.2) is 4.98 Å². The Morgan fingerprint density at radius 1 is 1.56 bits per heavy atom. The van der Waals surface area contributed by atoms with E-state index in [4.69, 9.17) is 11.6 Å². The first-order valence-corrected chi connectivity index (χ1v) is 5.44. The molecule has 0 aromatic carbocycles. The molecule has 1 heterocycles. The van der Waals surface area contributed by atoms with Crippen molar-refractivity contribution in [2.75, 3.05) is 20.6 Å². The van der Waals surface area contributed by atoms with Crippen LogP contribution in [0.2, 0.25) is 5.15 Å². The lowest BCUT2D eigenvalue weighted by atomic mass is 10.2. The van der Waals surface area contributed by atoms with E-state index in [-0.39, 0.29) is 11.9 Å². The summed E-state index contributed by atoms with van der Waals surface area (Å²) < 4.78 is 0. The third kappa shape index (κ3) is 4.16. The molecule has 1 unspecified atom stereocenters. The molecule has 0 saturated heterocycles. The van der Waals surface area contributed by atoms with E-state index in [0.717, 1.165) is 6.54 Å². The fourth-order valence-electron chi connectivity index (χ4n) is 1.41. The Balaban J connectivity index is 2.55. The van der Waals surface area contributed by atoms with Crippen LogP contribution in [0, 0.1) is 0 Å². The molecular formula is C11H16ClN3O. The molecule has 0 radical (unpaired) electrons. The van der Waals surface area contributed by atoms with Gasteiger partial charge in [0.1, 0.15) is 5.15 Å². The normalized spacial score (nSPS) is 12.6. The van der Waals surface area contributed by atoms with E-state index < -0.39 is 0 Å². The lowest BCUT2D eigenvalue weighted by Gasteiger charge is -2.18. The predicted molar refractivity (Wildman–Crippen MR) is 64.7 cm³/mol. The van der Waals surface area contributed by atoms with Crippen molar-refractivity contribution in [3.8, 4) is 0 Å². The lowest BCUT2D eigenvalue weighted by Crippen LogP contribution is -2.39. The van der Waals surface area contributed by atoms with Gasteiger partial charge in [0.05, 0.1) is 5.56 Å². The minimum atomic E-state index is -0.126. The van der Waals surface area contributed by atoms with Crippen molar-refractivity contribution >= 4 is 17.5 Å². The number of carbonyl (C=O) groups is 1. The summed E-state index contributed by atoms with van der Waals surface area (Å²) in [5.41, 5.74) is 0.523. The van der Waals surface area contributed by atoms with Crippen LogP contribution in [0.5, 0.6) is 0 Å². The highest BCUT2D eigenvalue weighted by Crippen LogP contribution is 2.05. The van der Waals surface area contributed by atoms with Gasteiger partial charge in [0.2, 0.25) is 0 Å². The molecule has 1 amide bonds. The number of amides is 1. The van der Waals surface area contributed by atoms with E-state index in [1.165, 1.54) is 6.20 Å². The molecular weight excluding hydrogens is 226 g/mol. The molecule has 0 aliphatic rings. The molecule has 88 valence electrons. The monoisotopic (exact) mass is 241 g/mol. The number of rotatable bonds is 4. The van der Waals surface area contributed by atoms with Gasteiger partial charge in [-0.1, -0.05) is 11.6 Å². The van der Waals surface area contributed by atoms with Crippen molar-refractivity contribution in [1.29, 1.82) is 0 Å². The molecule has 0 spiro atoms. The number of aromatic nitrogens is 1. The van der Waals surface area contributed by atoms with E-state index in [1.807, 2.05) is 25.9 Å². The number of halogens is 1. The zero-order valence-electron chi connectivity index (χ0n) is 9.70. The topological polar surface area (TPSA) is 45.2 Å². The zero-order valence-corrected chi connectivity index (χ0v) is 10.5. The number of pyridine rings is 1. The van der Waals surface area contributed by atoms with Crippen LogP contribution < -0.4 is 5.32 Å². The highest BCUT2D eigenvalue weighted by molar-refractivity contribution is 6.29. The second-order valence-corrected chi connectivity index (χ2v) is 4.39. The van der Waals surface area contributed by atoms with Crippen LogP contribution >= 0.6 is 11.6 Å². The molecule has 4 nitrogen and oxygen atoms in total. The van der Waals surface area contributed by atoms with E-state index in [0.29, 0.717) is 10.7 Å². The first-order chi connectivity index (χ1) is 7.49. The number of nitrogens with zero attached hydrogens (tertiary/aromatic N) is 2. The Bertz CT molecular complexity index is 351. The van der Waals surface area contributed by atoms with Crippen LogP contribution in [0.3, 0.4) is 0 Å². The molecule has 16 heavy (non-hydrogen) atoms. The minimum Gasteiger partial charge on any atom is -0.348 e. The van der Waals surface area contributed by atoms with Crippen LogP contribution in [0.4, 0.5) is 0 Å². The summed E-state index contributed by atoms with van der Waals surface area (Å²) in [4.78, 5) is 17.6. The van der Waals surface area contributed by atoms with Crippen LogP contribution in [0.25, 0.3) is 0 Å². The lowest BCUT2D eigenvalue weighted by molar-refractivity contribution is 0.0934. The van der Waals surface area contributed by atoms with Crippen LogP contribution in [0.1, 0.15) is 17.3 Å². The largest absolute Gasteiger partial charge is 0.348 e. The van der Waals surface area contributed by atoms with Crippen molar-refractivity contribution in [3.63, 3.8) is 0 Å². The van der Waals surface area contributed by atoms with E-state index >= 15 is 0 Å². The van der Waals surface area contributed by atoms with Gasteiger partial charge in [0.15, 0.2) is 0 Å². The van der Waals surface area contributed by atoms with Crippen LogP contribution in [-0.4, -0.2) is 42.5 Å². The maximum Gasteiger partial charge on any atom is 0.253 e. The zero-order chi connectivity index (χ0) is 12.1. The average molecular weight is 242 g/mol. The first-order valence-electron chi connectivity index (χ1n) is 5.06. The summed E-state index contributed by atoms with van der Waals surface area (Å²) >= 11 is 5.64. The van der Waals surface area contributed by atoms with Crippen molar-refractivity contribution in [3.05, 3.63) is 29.0 Å². The fourth-order valence-corrected chi connectivity index (χ4v) is 1.52. The highest BCUT2D eigenvalue weighted by atomic mass is 35.5. The van der Waals surface area contributed by atoms with Gasteiger partial charge >= 0.3 is 0 Å². The second-order valence-electron chi connectivity index (χ2n) is 4.01. The van der Waals surface area contributed by atoms with E-state index in [9.17, 15) is 4.79 Å². The predicted octanol–water partition coefficient (Wildman–Crippen LogP) is 1.41. The molecule has 0 aliphatic carbocycles. The van der Waals surface area contributed by atoms with Gasteiger partial charge in [-0.05, 0) is 33.2 Å². The molecule has 5 heteroatoms. The van der Waals surface area contributed by atoms with E-state index in [2.05, 4.69) is 10.3 Å². The molecule has 1 rings (SSSR count). The number of likely N-dealkylation sites (N-methyl/N-ethyl adjacent to an activating group) is 1. The van der Waals surface area contributed by atoms with E-state index in [1.54, 1.807) is 12.1 Å². The first kappa shape index (κ1) is 12.9. The Morgan fingerprint density at radius 2 is 2.25 bits per heavy atom. The summed E-state index contributed by atoms with van der Waals surface area (Å²) in [6.45, 7) is 2.76. The molecule has 0 aliphatic heterocycles. The molecule has 1 atom stereocenters. The average Bonchev–Trinajstić information content (AvgIpc) is 2.16. The maximum atomic E-state index is 11.7. The molecule has 1 N–H and O–H groups in total. The highest BCUT2D eigenvalue weighted by Gasteiger charge is 2.10. The number of carbonyl (C=O) groups excluding carboxylic acids is 1. The smallest absolute Gasteiger partial charge is 0.253 e. The van der Waals surface area contributed by atoms with Gasteiger partial charge in [-0.15, -0.1) is 0 Å². The summed E-state index contributed by atoms with van der Waals surface area (Å²) in [5, 5.41) is 3.27. The molecule has 0 bridgehead atoms. The molecule has 1 aromatic heterocycles. The second kappa shape index (κ2) is 5.82. The van der Waals surface area contributed by atoms with Crippen LogP contribution in [0.15, 0.2) is 18.3 Å². The number of hydrogen-bond donors (Lipinski definition) is 1. The van der Waals surface area contributed by atoms with Crippen LogP contribution in [-0.2, 0) is 0 Å². The van der Waals surface area contributed by atoms with Crippen molar-refractivity contribution in [2.24, 2.45) is 0 Å². The Labute approximate surface area is 101 Å². The van der Waals surface area contributed by atoms with Crippen molar-refractivity contribution in [1.82, 2.24) is 15.2 Å². The van der Waals surface area contributed by atoms with Gasteiger partial charge < -0.3 is 10.2 Å². The Kier molecular flexibility index (Phi) is 4.71. The Morgan fingerprint density at radius 3 is 2.75 bits per heavy atom. The Hall–Kier alpha value is -1.13. The standard InChI is InChI=1S/C11H16ClN3O/c1-8(7-15(2)3)14-11(16)9-4-5-10(12)13-6-9/h4-6,8H,7H2,1-3H3,(H,14,16). The molecule has 0 saturated carbocycles. The summed E-state index contributed by atoms with van der Waals surface area (Å²) in [6, 6.07) is 3.36. The quantitative estimate of drug-likeness (QED) is 0.811. The third-order valence-corrected chi connectivity index (χ3v) is 2.23. The number of nitrogens with one attached hydrogen (secondary N) is 1. The molecule has 0 fully saturated rings. The summed E-state index contributed by atoms with van der Waals surface area (Å²) in [5.74, 6) is -0.126. The van der Waals surface area contributed by atoms with Crippen molar-refractivity contribution in [2.45, 2.75) is 13.0 Å². The third-order valence-electron chi connectivity index (χ3n) is 2.01.